The largest absolute Gasteiger partial charge is 0.394 e. The lowest BCUT2D eigenvalue weighted by Gasteiger charge is -2.22. The fourth-order valence-corrected chi connectivity index (χ4v) is 8.30. The first-order chi connectivity index (χ1) is 27.7. The van der Waals surface area contributed by atoms with Crippen molar-refractivity contribution in [1.29, 1.82) is 0 Å². The summed E-state index contributed by atoms with van der Waals surface area (Å²) in [5, 5.41) is 23.3. The maximum atomic E-state index is 12.5. The molecule has 1 amide bonds. The van der Waals surface area contributed by atoms with Crippen LogP contribution in [-0.2, 0) is 4.79 Å². The van der Waals surface area contributed by atoms with Crippen LogP contribution in [0.2, 0.25) is 0 Å². The molecule has 56 heavy (non-hydrogen) atoms. The Bertz CT molecular complexity index is 769. The average Bonchev–Trinajstić information content (AvgIpc) is 3.20. The zero-order chi connectivity index (χ0) is 40.7. The van der Waals surface area contributed by atoms with Gasteiger partial charge in [-0.2, -0.15) is 0 Å². The molecule has 2 unspecified atom stereocenters. The Morgan fingerprint density at radius 3 is 0.982 bits per heavy atom. The Morgan fingerprint density at radius 2 is 0.679 bits per heavy atom. The molecule has 0 aliphatic heterocycles. The number of aliphatic hydroxyl groups excluding tert-OH is 2. The van der Waals surface area contributed by atoms with Crippen LogP contribution in [-0.4, -0.2) is 34.9 Å². The van der Waals surface area contributed by atoms with E-state index in [-0.39, 0.29) is 12.5 Å². The first kappa shape index (κ1) is 55.1. The first-order valence-electron chi connectivity index (χ1n) is 25.9. The van der Waals surface area contributed by atoms with Crippen LogP contribution in [0.4, 0.5) is 0 Å². The van der Waals surface area contributed by atoms with Crippen molar-refractivity contribution in [3.8, 4) is 0 Å². The van der Waals surface area contributed by atoms with Gasteiger partial charge in [0.25, 0.3) is 0 Å². The van der Waals surface area contributed by atoms with E-state index in [9.17, 15) is 15.0 Å². The maximum absolute atomic E-state index is 12.5. The molecule has 0 saturated heterocycles. The van der Waals surface area contributed by atoms with Gasteiger partial charge in [-0.1, -0.05) is 264 Å². The summed E-state index contributed by atoms with van der Waals surface area (Å²) in [5.74, 6) is -0.0304. The fourth-order valence-electron chi connectivity index (χ4n) is 8.30. The molecule has 2 atom stereocenters. The number of carbonyl (C=O) groups is 1. The number of hydrogen-bond donors (Lipinski definition) is 3. The third-order valence-electron chi connectivity index (χ3n) is 12.3. The van der Waals surface area contributed by atoms with Crippen molar-refractivity contribution in [3.63, 3.8) is 0 Å². The maximum Gasteiger partial charge on any atom is 0.220 e. The van der Waals surface area contributed by atoms with E-state index in [1.807, 2.05) is 0 Å². The third-order valence-corrected chi connectivity index (χ3v) is 12.3. The smallest absolute Gasteiger partial charge is 0.220 e. The van der Waals surface area contributed by atoms with Gasteiger partial charge in [0.15, 0.2) is 0 Å². The Hall–Kier alpha value is -0.870. The van der Waals surface area contributed by atoms with Crippen LogP contribution in [0.25, 0.3) is 0 Å². The quantitative estimate of drug-likeness (QED) is 0.0425. The molecule has 0 aliphatic carbocycles. The highest BCUT2D eigenvalue weighted by atomic mass is 16.3. The number of aliphatic hydroxyl groups is 2. The number of nitrogens with one attached hydrogen (secondary N) is 1. The SMILES string of the molecule is CCCCCCCCCCCCC/C=C\CCCCCCCCCC(=O)NC(CO)C(O)CCCCCCCCCCCCCCCCCCCCCCCC. The van der Waals surface area contributed by atoms with Gasteiger partial charge in [0.2, 0.25) is 5.91 Å². The minimum absolute atomic E-state index is 0.0304. The molecular weight excluding hydrogens is 687 g/mol. The Labute approximate surface area is 352 Å². The van der Waals surface area contributed by atoms with Crippen LogP contribution in [0.1, 0.15) is 296 Å². The molecule has 0 aromatic heterocycles. The second kappa shape index (κ2) is 48.5. The van der Waals surface area contributed by atoms with Crippen LogP contribution in [0, 0.1) is 0 Å². The zero-order valence-corrected chi connectivity index (χ0v) is 38.4. The predicted octanol–water partition coefficient (Wildman–Crippen LogP) is 16.6. The van der Waals surface area contributed by atoms with Crippen molar-refractivity contribution in [2.24, 2.45) is 0 Å². The number of unbranched alkanes of at least 4 members (excludes halogenated alkanes) is 39. The number of hydrogen-bond acceptors (Lipinski definition) is 3. The van der Waals surface area contributed by atoms with Crippen LogP contribution in [0.5, 0.6) is 0 Å². The number of allylic oxidation sites excluding steroid dienone is 2. The van der Waals surface area contributed by atoms with E-state index < -0.39 is 12.1 Å². The molecule has 3 N–H and O–H groups in total. The van der Waals surface area contributed by atoms with E-state index in [0.717, 1.165) is 25.7 Å². The summed E-state index contributed by atoms with van der Waals surface area (Å²) in [7, 11) is 0. The van der Waals surface area contributed by atoms with Gasteiger partial charge in [-0.05, 0) is 38.5 Å². The number of amides is 1. The lowest BCUT2D eigenvalue weighted by atomic mass is 10.0. The van der Waals surface area contributed by atoms with Gasteiger partial charge in [-0.15, -0.1) is 0 Å². The van der Waals surface area contributed by atoms with E-state index in [1.165, 1.54) is 244 Å². The van der Waals surface area contributed by atoms with Crippen molar-refractivity contribution < 1.29 is 15.0 Å². The molecular formula is C52H103NO3. The van der Waals surface area contributed by atoms with Crippen molar-refractivity contribution in [3.05, 3.63) is 12.2 Å². The summed E-state index contributed by atoms with van der Waals surface area (Å²) in [4.78, 5) is 12.5. The summed E-state index contributed by atoms with van der Waals surface area (Å²) in [6.07, 6.45) is 61.8. The summed E-state index contributed by atoms with van der Waals surface area (Å²) >= 11 is 0. The molecule has 0 saturated carbocycles. The first-order valence-corrected chi connectivity index (χ1v) is 25.9. The highest BCUT2D eigenvalue weighted by Crippen LogP contribution is 2.17. The van der Waals surface area contributed by atoms with Crippen LogP contribution >= 0.6 is 0 Å². The Balaban J connectivity index is 3.46. The average molecular weight is 790 g/mol. The highest BCUT2D eigenvalue weighted by Gasteiger charge is 2.20. The minimum Gasteiger partial charge on any atom is -0.394 e. The van der Waals surface area contributed by atoms with Crippen molar-refractivity contribution >= 4 is 5.91 Å². The molecule has 0 bridgehead atoms. The molecule has 0 spiro atoms. The van der Waals surface area contributed by atoms with Gasteiger partial charge in [0, 0.05) is 6.42 Å². The molecule has 0 aliphatic rings. The van der Waals surface area contributed by atoms with Crippen LogP contribution in [0.3, 0.4) is 0 Å². The van der Waals surface area contributed by atoms with Gasteiger partial charge in [0.1, 0.15) is 0 Å². The summed E-state index contributed by atoms with van der Waals surface area (Å²) in [6, 6.07) is -0.536. The second-order valence-electron chi connectivity index (χ2n) is 17.9. The lowest BCUT2D eigenvalue weighted by molar-refractivity contribution is -0.123. The molecule has 4 heteroatoms. The number of rotatable bonds is 48. The topological polar surface area (TPSA) is 69.6 Å². The molecule has 0 aromatic rings. The van der Waals surface area contributed by atoms with Gasteiger partial charge in [0.05, 0.1) is 18.8 Å². The molecule has 0 rings (SSSR count). The molecule has 0 radical (unpaired) electrons. The second-order valence-corrected chi connectivity index (χ2v) is 17.9. The van der Waals surface area contributed by atoms with E-state index in [2.05, 4.69) is 31.3 Å². The third kappa shape index (κ3) is 44.2. The van der Waals surface area contributed by atoms with E-state index >= 15 is 0 Å². The van der Waals surface area contributed by atoms with E-state index in [0.29, 0.717) is 12.8 Å². The number of carbonyl (C=O) groups excluding carboxylic acids is 1. The van der Waals surface area contributed by atoms with Gasteiger partial charge < -0.3 is 15.5 Å². The monoisotopic (exact) mass is 790 g/mol. The molecule has 334 valence electrons. The summed E-state index contributed by atoms with van der Waals surface area (Å²) in [6.45, 7) is 4.39. The fraction of sp³-hybridized carbons (Fsp3) is 0.942. The van der Waals surface area contributed by atoms with Crippen LogP contribution in [0.15, 0.2) is 12.2 Å². The van der Waals surface area contributed by atoms with E-state index in [4.69, 9.17) is 0 Å². The molecule has 0 heterocycles. The minimum atomic E-state index is -0.659. The highest BCUT2D eigenvalue weighted by molar-refractivity contribution is 5.76. The van der Waals surface area contributed by atoms with Gasteiger partial charge >= 0.3 is 0 Å². The standard InChI is InChI=1S/C52H103NO3/c1-3-5-7-9-11-13-15-17-19-21-23-25-27-29-31-33-35-37-39-41-43-45-47-51(55)50(49-54)53-52(56)48-46-44-42-40-38-36-34-32-30-28-26-24-22-20-18-16-14-12-10-8-6-4-2/h28,30,50-51,54-55H,3-27,29,31-49H2,1-2H3,(H,53,56)/b30-28-. The summed E-state index contributed by atoms with van der Waals surface area (Å²) in [5.41, 5.74) is 0. The Kier molecular flexibility index (Phi) is 47.7. The van der Waals surface area contributed by atoms with Gasteiger partial charge in [-0.3, -0.25) is 4.79 Å². The van der Waals surface area contributed by atoms with Crippen molar-refractivity contribution in [2.75, 3.05) is 6.61 Å². The molecule has 0 aromatic carbocycles. The van der Waals surface area contributed by atoms with Gasteiger partial charge in [-0.25, -0.2) is 0 Å². The summed E-state index contributed by atoms with van der Waals surface area (Å²) < 4.78 is 0. The van der Waals surface area contributed by atoms with Crippen molar-refractivity contribution in [1.82, 2.24) is 5.32 Å². The molecule has 0 fully saturated rings. The normalized spacial score (nSPS) is 12.9. The lowest BCUT2D eigenvalue weighted by Crippen LogP contribution is -2.45. The van der Waals surface area contributed by atoms with E-state index in [1.54, 1.807) is 0 Å². The molecule has 4 nitrogen and oxygen atoms in total. The van der Waals surface area contributed by atoms with Crippen LogP contribution < -0.4 is 5.32 Å². The van der Waals surface area contributed by atoms with Crippen molar-refractivity contribution in [2.45, 2.75) is 309 Å². The zero-order valence-electron chi connectivity index (χ0n) is 38.4. The Morgan fingerprint density at radius 1 is 0.411 bits per heavy atom. The predicted molar refractivity (Wildman–Crippen MR) is 249 cm³/mol.